The Morgan fingerprint density at radius 3 is 1.85 bits per heavy atom. The number of morpholine rings is 1. The fraction of sp³-hybridized carbons (Fsp3) is 0.797. The first-order valence-corrected chi connectivity index (χ1v) is 40.4. The summed E-state index contributed by atoms with van der Waals surface area (Å²) in [5, 5.41) is 8.34. The molecule has 3 aliphatic carbocycles. The van der Waals surface area contributed by atoms with Crippen LogP contribution in [-0.4, -0.2) is 301 Å². The molecule has 4 saturated heterocycles. The summed E-state index contributed by atoms with van der Waals surface area (Å²) in [5.41, 5.74) is -1.99. The van der Waals surface area contributed by atoms with Gasteiger partial charge in [-0.15, -0.1) is 13.2 Å². The fourth-order valence-corrected chi connectivity index (χ4v) is 17.7. The average molecular weight is 1620 g/mol. The molecule has 4 aliphatic heterocycles. The Kier molecular flexibility index (Phi) is 33.9. The number of nitrogens with zero attached hydrogens (tertiary/aromatic N) is 9. The molecular formula is C79H122F8N12O14. The number of likely N-dealkylation sites (N-methyl/N-ethyl adjacent to an activating group) is 6. The number of carbonyl (C=O) groups is 12. The molecule has 113 heavy (non-hydrogen) atoms. The quantitative estimate of drug-likeness (QED) is 0.0703. The highest BCUT2D eigenvalue weighted by Crippen LogP contribution is 2.45. The number of hydrogen-bond acceptors (Lipinski definition) is 14. The molecule has 12 amide bonds. The van der Waals surface area contributed by atoms with E-state index in [1.54, 1.807) is 26.8 Å². The minimum absolute atomic E-state index is 0.00180. The first kappa shape index (κ1) is 92.6. The lowest BCUT2D eigenvalue weighted by atomic mass is 9.76. The van der Waals surface area contributed by atoms with Crippen molar-refractivity contribution in [2.75, 3.05) is 101 Å². The van der Waals surface area contributed by atoms with Gasteiger partial charge < -0.3 is 69.5 Å². The number of carbonyl (C=O) groups excluding carboxylic acids is 12. The van der Waals surface area contributed by atoms with E-state index >= 15 is 51.9 Å². The Bertz CT molecular complexity index is 3330. The molecular weight excluding hydrogens is 1490 g/mol. The van der Waals surface area contributed by atoms with Gasteiger partial charge in [0.2, 0.25) is 70.9 Å². The van der Waals surface area contributed by atoms with Gasteiger partial charge in [0.25, 0.3) is 0 Å². The summed E-state index contributed by atoms with van der Waals surface area (Å²) in [7, 11) is 7.99. The van der Waals surface area contributed by atoms with Crippen LogP contribution in [0.2, 0.25) is 0 Å². The SMILES string of the molecule is C=CCCCC[C@H]1C(=O)N[C@@H]([C@@H](C)CC)C(=O)N(C)CC(=O)N(C)[C@H]2CCCCN(C2=O)[C@@H](CC2CCC(C(F)(F)F)CC2)C(=O)N(C)CC(=O)N[C@@H](CCC2CC(F)C(C(F)(F)F)C(F)C2)C(=O)N2C[C@H](OCC)C[C@H]2C(=O)N[C@](C)(CC=C)C(=O)N(C)[C@@H](C2CCCC2)C(=O)N(C)[C@H](C(=O)N2CCOCC2)CC(=O)N1C. The molecule has 0 spiro atoms. The summed E-state index contributed by atoms with van der Waals surface area (Å²) in [5.74, 6) is -17.1. The zero-order chi connectivity index (χ0) is 83.7. The first-order chi connectivity index (χ1) is 53.2. The normalized spacial score (nSPS) is 31.9. The van der Waals surface area contributed by atoms with Crippen LogP contribution in [0.5, 0.6) is 0 Å². The number of fused-ring (bicyclic) bond motifs is 3. The Morgan fingerprint density at radius 1 is 0.628 bits per heavy atom. The van der Waals surface area contributed by atoms with Crippen molar-refractivity contribution >= 4 is 70.9 Å². The van der Waals surface area contributed by atoms with Crippen LogP contribution in [0.1, 0.15) is 182 Å². The van der Waals surface area contributed by atoms with Crippen molar-refractivity contribution < 1.29 is 102 Å². The van der Waals surface area contributed by atoms with Gasteiger partial charge in [-0.25, -0.2) is 8.78 Å². The van der Waals surface area contributed by atoms with Gasteiger partial charge in [-0.05, 0) is 153 Å². The lowest BCUT2D eigenvalue weighted by Crippen LogP contribution is -2.65. The second-order valence-corrected chi connectivity index (χ2v) is 32.7. The monoisotopic (exact) mass is 1610 g/mol. The third-order valence-corrected chi connectivity index (χ3v) is 24.7. The molecule has 26 nitrogen and oxygen atoms in total. The zero-order valence-electron chi connectivity index (χ0n) is 67.5. The lowest BCUT2D eigenvalue weighted by Gasteiger charge is -2.42. The van der Waals surface area contributed by atoms with Gasteiger partial charge in [0.1, 0.15) is 72.1 Å². The molecule has 7 aliphatic rings. The van der Waals surface area contributed by atoms with Crippen LogP contribution in [0.25, 0.3) is 0 Å². The predicted octanol–water partition coefficient (Wildman–Crippen LogP) is 7.07. The van der Waals surface area contributed by atoms with Crippen LogP contribution in [0.3, 0.4) is 0 Å². The van der Waals surface area contributed by atoms with E-state index in [1.807, 2.05) is 0 Å². The number of halogens is 8. The van der Waals surface area contributed by atoms with E-state index in [0.29, 0.717) is 57.8 Å². The molecule has 13 atom stereocenters. The third kappa shape index (κ3) is 23.6. The van der Waals surface area contributed by atoms with E-state index in [4.69, 9.17) is 9.47 Å². The highest BCUT2D eigenvalue weighted by atomic mass is 19.4. The number of allylic oxidation sites excluding steroid dienone is 1. The highest BCUT2D eigenvalue weighted by molar-refractivity contribution is 6.01. The molecule has 0 radical (unpaired) electrons. The number of rotatable bonds is 18. The van der Waals surface area contributed by atoms with Crippen molar-refractivity contribution in [2.24, 2.45) is 35.5 Å². The summed E-state index contributed by atoms with van der Waals surface area (Å²) < 4.78 is 127. The molecule has 0 aromatic heterocycles. The molecule has 638 valence electrons. The van der Waals surface area contributed by atoms with E-state index in [-0.39, 0.29) is 117 Å². The first-order valence-electron chi connectivity index (χ1n) is 40.4. The average Bonchev–Trinajstić information content (AvgIpc) is 1.78. The van der Waals surface area contributed by atoms with Crippen molar-refractivity contribution in [1.82, 2.24) is 60.0 Å². The molecule has 2 bridgehead atoms. The smallest absolute Gasteiger partial charge is 0.378 e. The van der Waals surface area contributed by atoms with Gasteiger partial charge in [0, 0.05) is 81.5 Å². The molecule has 34 heteroatoms. The van der Waals surface area contributed by atoms with E-state index in [0.717, 1.165) is 24.5 Å². The predicted molar refractivity (Wildman–Crippen MR) is 401 cm³/mol. The zero-order valence-corrected chi connectivity index (χ0v) is 67.5. The standard InChI is InChI=1S/C79H122F8N12O14/c1-13-17-18-19-26-57-68(103)89-66(48(5)15-3)74(109)92(8)47-64(102)94(10)58-27-22-23-35-98(73(58)108)61(42-49-28-31-52(32-29-49)78(82,83)84)71(106)91(7)46-62(100)88-56(33-30-50-40-54(80)65(55(81)41-50)79(85,86)87)70(105)99-45-53(113-16-4)43-59(99)69(104)90-77(6,34-14-2)76(111)96(12)67(51-24-20-21-25-51)75(110)95(11)60(44-63(101)93(57)9)72(107)97-36-38-112-39-37-97/h13-14,48-61,65-67H,1-2,15-47H2,3-12H3,(H,88,100)(H,89,103)(H,90,104)/t48-,49?,50?,52?,53+,54?,55?,56-,57-,58-,59-,60-,61-,65?,66-,67-,77+/m0/s1. The van der Waals surface area contributed by atoms with Crippen LogP contribution >= 0.6 is 0 Å². The highest BCUT2D eigenvalue weighted by Gasteiger charge is 2.55. The maximum absolute atomic E-state index is 15.8. The van der Waals surface area contributed by atoms with Crippen LogP contribution < -0.4 is 16.0 Å². The Morgan fingerprint density at radius 2 is 1.26 bits per heavy atom. The lowest BCUT2D eigenvalue weighted by molar-refractivity contribution is -0.219. The molecule has 3 saturated carbocycles. The second kappa shape index (κ2) is 41.4. The summed E-state index contributed by atoms with van der Waals surface area (Å²) in [6.45, 7) is 12.8. The summed E-state index contributed by atoms with van der Waals surface area (Å²) in [4.78, 5) is 194. The van der Waals surface area contributed by atoms with Crippen molar-refractivity contribution in [3.05, 3.63) is 25.3 Å². The molecule has 3 N–H and O–H groups in total. The largest absolute Gasteiger partial charge is 0.397 e. The molecule has 0 aromatic carbocycles. The number of unbranched alkanes of at least 4 members (excludes halogenated alkanes) is 2. The van der Waals surface area contributed by atoms with Gasteiger partial charge in [0.15, 0.2) is 0 Å². The summed E-state index contributed by atoms with van der Waals surface area (Å²) in [6, 6.07) is -11.6. The Labute approximate surface area is 659 Å². The van der Waals surface area contributed by atoms with Crippen molar-refractivity contribution in [3.63, 3.8) is 0 Å². The van der Waals surface area contributed by atoms with Gasteiger partial charge in [-0.1, -0.05) is 51.7 Å². The number of hydrogen-bond donors (Lipinski definition) is 3. The Hall–Kier alpha value is -7.52. The van der Waals surface area contributed by atoms with Crippen LogP contribution in [0.4, 0.5) is 35.1 Å². The van der Waals surface area contributed by atoms with Gasteiger partial charge in [-0.2, -0.15) is 26.3 Å². The van der Waals surface area contributed by atoms with Crippen LogP contribution in [0.15, 0.2) is 25.3 Å². The molecule has 2 unspecified atom stereocenters. The molecule has 4 heterocycles. The minimum atomic E-state index is -5.23. The Balaban J connectivity index is 1.34. The second-order valence-electron chi connectivity index (χ2n) is 32.7. The maximum atomic E-state index is 15.8. The molecule has 7 fully saturated rings. The van der Waals surface area contributed by atoms with Crippen molar-refractivity contribution in [3.8, 4) is 0 Å². The molecule has 0 aromatic rings. The fourth-order valence-electron chi connectivity index (χ4n) is 17.7. The number of nitrogens with one attached hydrogen (secondary N) is 3. The van der Waals surface area contributed by atoms with E-state index in [9.17, 15) is 40.7 Å². The van der Waals surface area contributed by atoms with E-state index < -0.39 is 230 Å². The minimum Gasteiger partial charge on any atom is -0.378 e. The topological polar surface area (TPSA) is 289 Å². The summed E-state index contributed by atoms with van der Waals surface area (Å²) in [6.07, 6.45) is -12.7. The number of alkyl halides is 8. The van der Waals surface area contributed by atoms with E-state index in [1.165, 1.54) is 74.9 Å². The van der Waals surface area contributed by atoms with Gasteiger partial charge in [0.05, 0.1) is 44.7 Å². The molecule has 7 rings (SSSR count). The maximum Gasteiger partial charge on any atom is 0.397 e. The summed E-state index contributed by atoms with van der Waals surface area (Å²) >= 11 is 0. The van der Waals surface area contributed by atoms with Crippen molar-refractivity contribution in [1.29, 1.82) is 0 Å². The van der Waals surface area contributed by atoms with Gasteiger partial charge >= 0.3 is 12.4 Å². The van der Waals surface area contributed by atoms with Crippen molar-refractivity contribution in [2.45, 2.75) is 266 Å². The van der Waals surface area contributed by atoms with Crippen LogP contribution in [0, 0.1) is 35.5 Å². The third-order valence-electron chi connectivity index (χ3n) is 24.7. The van der Waals surface area contributed by atoms with Crippen LogP contribution in [-0.2, 0) is 67.0 Å². The number of ether oxygens (including phenoxy) is 2. The number of amides is 12. The van der Waals surface area contributed by atoms with Gasteiger partial charge in [-0.3, -0.25) is 57.5 Å². The van der Waals surface area contributed by atoms with E-state index in [2.05, 4.69) is 29.1 Å².